The van der Waals surface area contributed by atoms with E-state index in [0.717, 1.165) is 41.2 Å². The van der Waals surface area contributed by atoms with Crippen molar-refractivity contribution < 1.29 is 9.18 Å². The van der Waals surface area contributed by atoms with Crippen molar-refractivity contribution >= 4 is 51.5 Å². The molecule has 1 fully saturated rings. The molecular formula is C20H17ClFN3OS. The molecule has 2 heterocycles. The number of hydrogen-bond donors (Lipinski definition) is 1. The molecule has 1 saturated heterocycles. The molecule has 1 aliphatic heterocycles. The van der Waals surface area contributed by atoms with Gasteiger partial charge in [0, 0.05) is 35.7 Å². The van der Waals surface area contributed by atoms with Gasteiger partial charge in [-0.05, 0) is 30.3 Å². The van der Waals surface area contributed by atoms with E-state index in [2.05, 4.69) is 10.3 Å². The Kier molecular flexibility index (Phi) is 5.18. The second kappa shape index (κ2) is 7.74. The van der Waals surface area contributed by atoms with Gasteiger partial charge in [0.15, 0.2) is 0 Å². The molecular weight excluding hydrogens is 385 g/mol. The molecule has 1 aromatic heterocycles. The summed E-state index contributed by atoms with van der Waals surface area (Å²) in [5.74, 6) is 1.35. The Balaban J connectivity index is 1.74. The monoisotopic (exact) mass is 401 g/mol. The second-order valence-electron chi connectivity index (χ2n) is 6.23. The third-order valence-electron chi connectivity index (χ3n) is 4.43. The first-order valence-corrected chi connectivity index (χ1v) is 10.1. The number of aromatic nitrogens is 1. The highest BCUT2D eigenvalue weighted by molar-refractivity contribution is 7.99. The number of thioether (sulfide) groups is 1. The normalized spacial score (nSPS) is 14.4. The maximum Gasteiger partial charge on any atom is 0.272 e. The van der Waals surface area contributed by atoms with E-state index in [0.29, 0.717) is 11.4 Å². The summed E-state index contributed by atoms with van der Waals surface area (Å²) in [5.41, 5.74) is 2.50. The van der Waals surface area contributed by atoms with E-state index < -0.39 is 5.82 Å². The molecule has 27 heavy (non-hydrogen) atoms. The topological polar surface area (TPSA) is 45.2 Å². The maximum absolute atomic E-state index is 13.4. The fourth-order valence-electron chi connectivity index (χ4n) is 3.05. The van der Waals surface area contributed by atoms with Crippen LogP contribution in [0.3, 0.4) is 0 Å². The Bertz CT molecular complexity index is 1010. The van der Waals surface area contributed by atoms with Crippen LogP contribution in [0, 0.1) is 5.82 Å². The number of amides is 1. The van der Waals surface area contributed by atoms with Gasteiger partial charge in [0.05, 0.1) is 16.2 Å². The van der Waals surface area contributed by atoms with Crippen LogP contribution in [0.5, 0.6) is 0 Å². The van der Waals surface area contributed by atoms with Crippen molar-refractivity contribution in [1.82, 2.24) is 9.88 Å². The van der Waals surface area contributed by atoms with Crippen molar-refractivity contribution in [3.63, 3.8) is 0 Å². The van der Waals surface area contributed by atoms with Crippen LogP contribution in [0.4, 0.5) is 15.8 Å². The summed E-state index contributed by atoms with van der Waals surface area (Å²) < 4.78 is 13.4. The van der Waals surface area contributed by atoms with E-state index in [-0.39, 0.29) is 10.9 Å². The fourth-order valence-corrected chi connectivity index (χ4v) is 4.13. The minimum atomic E-state index is -0.472. The molecule has 0 unspecified atom stereocenters. The van der Waals surface area contributed by atoms with E-state index in [1.165, 1.54) is 12.1 Å². The number of benzene rings is 2. The minimum Gasteiger partial charge on any atom is -0.355 e. The molecule has 2 aromatic carbocycles. The number of rotatable bonds is 3. The third-order valence-corrected chi connectivity index (χ3v) is 5.66. The van der Waals surface area contributed by atoms with Crippen LogP contribution in [-0.4, -0.2) is 40.4 Å². The molecule has 0 saturated carbocycles. The lowest BCUT2D eigenvalue weighted by Crippen LogP contribution is -2.38. The van der Waals surface area contributed by atoms with Crippen LogP contribution in [0.1, 0.15) is 10.5 Å². The Morgan fingerprint density at radius 3 is 2.70 bits per heavy atom. The molecule has 1 amide bonds. The fraction of sp³-hybridized carbons (Fsp3) is 0.200. The first-order chi connectivity index (χ1) is 13.1. The van der Waals surface area contributed by atoms with Gasteiger partial charge >= 0.3 is 0 Å². The van der Waals surface area contributed by atoms with Crippen LogP contribution in [0.25, 0.3) is 10.9 Å². The number of hydrogen-bond acceptors (Lipinski definition) is 4. The van der Waals surface area contributed by atoms with Crippen LogP contribution in [0.15, 0.2) is 48.5 Å². The average molecular weight is 402 g/mol. The minimum absolute atomic E-state index is 0.0421. The van der Waals surface area contributed by atoms with Crippen molar-refractivity contribution in [3.8, 4) is 0 Å². The predicted octanol–water partition coefficient (Wildman–Crippen LogP) is 4.96. The zero-order chi connectivity index (χ0) is 18.8. The molecule has 4 nitrogen and oxygen atoms in total. The molecule has 1 aliphatic rings. The molecule has 0 spiro atoms. The van der Waals surface area contributed by atoms with Gasteiger partial charge in [-0.3, -0.25) is 4.79 Å². The van der Waals surface area contributed by atoms with Gasteiger partial charge < -0.3 is 10.2 Å². The molecule has 0 bridgehead atoms. The summed E-state index contributed by atoms with van der Waals surface area (Å²) in [7, 11) is 0. The summed E-state index contributed by atoms with van der Waals surface area (Å²) in [5, 5.41) is 4.17. The van der Waals surface area contributed by atoms with E-state index in [1.54, 1.807) is 12.1 Å². The van der Waals surface area contributed by atoms with Crippen LogP contribution in [0.2, 0.25) is 5.02 Å². The van der Waals surface area contributed by atoms with E-state index in [4.69, 9.17) is 11.6 Å². The number of nitrogens with zero attached hydrogens (tertiary/aromatic N) is 2. The number of para-hydroxylation sites is 1. The van der Waals surface area contributed by atoms with Crippen molar-refractivity contribution in [1.29, 1.82) is 0 Å². The molecule has 1 N–H and O–H groups in total. The maximum atomic E-state index is 13.4. The van der Waals surface area contributed by atoms with Crippen LogP contribution >= 0.6 is 23.4 Å². The molecule has 4 rings (SSSR count). The smallest absolute Gasteiger partial charge is 0.272 e. The lowest BCUT2D eigenvalue weighted by molar-refractivity contribution is 0.0767. The molecule has 0 radical (unpaired) electrons. The lowest BCUT2D eigenvalue weighted by atomic mass is 10.1. The lowest BCUT2D eigenvalue weighted by Gasteiger charge is -2.26. The SMILES string of the molecule is O=C(c1cc(Nc2ccc(F)c(Cl)c2)c2ccccc2n1)N1CCSCC1. The van der Waals surface area contributed by atoms with Gasteiger partial charge in [0.1, 0.15) is 11.5 Å². The second-order valence-corrected chi connectivity index (χ2v) is 7.86. The first kappa shape index (κ1) is 18.1. The average Bonchev–Trinajstić information content (AvgIpc) is 2.71. The Morgan fingerprint density at radius 2 is 1.93 bits per heavy atom. The first-order valence-electron chi connectivity index (χ1n) is 8.61. The van der Waals surface area contributed by atoms with Crippen LogP contribution < -0.4 is 5.32 Å². The summed E-state index contributed by atoms with van der Waals surface area (Å²) in [4.78, 5) is 19.3. The van der Waals surface area contributed by atoms with Gasteiger partial charge in [0.2, 0.25) is 0 Å². The summed E-state index contributed by atoms with van der Waals surface area (Å²) in [6, 6.07) is 13.8. The zero-order valence-electron chi connectivity index (χ0n) is 14.4. The van der Waals surface area contributed by atoms with Crippen molar-refractivity contribution in [2.75, 3.05) is 29.9 Å². The number of anilines is 2. The number of carbonyl (C=O) groups excluding carboxylic acids is 1. The predicted molar refractivity (Wildman–Crippen MR) is 110 cm³/mol. The third kappa shape index (κ3) is 3.87. The Morgan fingerprint density at radius 1 is 1.15 bits per heavy atom. The van der Waals surface area contributed by atoms with Gasteiger partial charge in [0.25, 0.3) is 5.91 Å². The van der Waals surface area contributed by atoms with E-state index >= 15 is 0 Å². The summed E-state index contributed by atoms with van der Waals surface area (Å²) in [6.45, 7) is 1.46. The van der Waals surface area contributed by atoms with E-state index in [1.807, 2.05) is 40.9 Å². The van der Waals surface area contributed by atoms with Gasteiger partial charge in [-0.25, -0.2) is 9.37 Å². The highest BCUT2D eigenvalue weighted by atomic mass is 35.5. The standard InChI is InChI=1S/C20H17ClFN3OS/c21-15-11-13(5-6-16(15)22)23-18-12-19(20(26)25-7-9-27-10-8-25)24-17-4-2-1-3-14(17)18/h1-6,11-12H,7-10H2,(H,23,24). The molecule has 0 aliphatic carbocycles. The highest BCUT2D eigenvalue weighted by Crippen LogP contribution is 2.29. The van der Waals surface area contributed by atoms with E-state index in [9.17, 15) is 9.18 Å². The molecule has 7 heteroatoms. The van der Waals surface area contributed by atoms with Gasteiger partial charge in [-0.15, -0.1) is 0 Å². The number of carbonyl (C=O) groups is 1. The number of halogens is 2. The largest absolute Gasteiger partial charge is 0.355 e. The summed E-state index contributed by atoms with van der Waals surface area (Å²) >= 11 is 7.74. The number of nitrogens with one attached hydrogen (secondary N) is 1. The number of pyridine rings is 1. The molecule has 138 valence electrons. The van der Waals surface area contributed by atoms with Gasteiger partial charge in [-0.2, -0.15) is 11.8 Å². The Hall–Kier alpha value is -2.31. The Labute approximate surface area is 165 Å². The zero-order valence-corrected chi connectivity index (χ0v) is 16.0. The van der Waals surface area contributed by atoms with Crippen LogP contribution in [-0.2, 0) is 0 Å². The highest BCUT2D eigenvalue weighted by Gasteiger charge is 2.21. The number of fused-ring (bicyclic) bond motifs is 1. The summed E-state index contributed by atoms with van der Waals surface area (Å²) in [6.07, 6.45) is 0. The molecule has 0 atom stereocenters. The molecule has 3 aromatic rings. The van der Waals surface area contributed by atoms with Crippen molar-refractivity contribution in [2.45, 2.75) is 0 Å². The van der Waals surface area contributed by atoms with Gasteiger partial charge in [-0.1, -0.05) is 29.8 Å². The van der Waals surface area contributed by atoms with Crippen molar-refractivity contribution in [3.05, 3.63) is 65.1 Å². The quantitative estimate of drug-likeness (QED) is 0.673. The van der Waals surface area contributed by atoms with Crippen molar-refractivity contribution in [2.24, 2.45) is 0 Å².